The topological polar surface area (TPSA) is 135 Å². The van der Waals surface area contributed by atoms with Crippen LogP contribution in [0.4, 0.5) is 16.6 Å². The van der Waals surface area contributed by atoms with Gasteiger partial charge in [-0.05, 0) is 58.2 Å². The monoisotopic (exact) mass is 618 g/mol. The van der Waals surface area contributed by atoms with Crippen LogP contribution in [0.5, 0.6) is 0 Å². The Bertz CT molecular complexity index is 1570. The van der Waals surface area contributed by atoms with Crippen molar-refractivity contribution in [3.8, 4) is 0 Å². The summed E-state index contributed by atoms with van der Waals surface area (Å²) in [5.41, 5.74) is 1.17. The number of ether oxygens (including phenoxy) is 2. The van der Waals surface area contributed by atoms with Gasteiger partial charge in [0.05, 0.1) is 30.9 Å². The van der Waals surface area contributed by atoms with E-state index in [-0.39, 0.29) is 36.0 Å². The van der Waals surface area contributed by atoms with Crippen LogP contribution in [0.3, 0.4) is 0 Å². The van der Waals surface area contributed by atoms with Crippen molar-refractivity contribution >= 4 is 40.7 Å². The smallest absolute Gasteiger partial charge is 0.411 e. The fraction of sp³-hybridized carbons (Fsp3) is 0.562. The van der Waals surface area contributed by atoms with E-state index in [2.05, 4.69) is 19.9 Å². The Morgan fingerprint density at radius 1 is 1.00 bits per heavy atom. The van der Waals surface area contributed by atoms with Crippen molar-refractivity contribution in [1.82, 2.24) is 34.2 Å². The van der Waals surface area contributed by atoms with Gasteiger partial charge in [-0.15, -0.1) is 0 Å². The minimum Gasteiger partial charge on any atom is -0.444 e. The predicted octanol–water partition coefficient (Wildman–Crippen LogP) is 4.24. The number of pyridine rings is 1. The molecule has 1 N–H and O–H groups in total. The van der Waals surface area contributed by atoms with E-state index in [1.54, 1.807) is 47.1 Å². The summed E-state index contributed by atoms with van der Waals surface area (Å²) in [4.78, 5) is 58.5. The fourth-order valence-corrected chi connectivity index (χ4v) is 6.50. The molecule has 13 nitrogen and oxygen atoms in total. The van der Waals surface area contributed by atoms with Crippen molar-refractivity contribution in [2.75, 3.05) is 45.7 Å². The number of carbonyl (C=O) groups is 3. The Hall–Kier alpha value is -4.26. The molecule has 240 valence electrons. The largest absolute Gasteiger partial charge is 0.444 e. The van der Waals surface area contributed by atoms with Gasteiger partial charge < -0.3 is 29.2 Å². The van der Waals surface area contributed by atoms with Gasteiger partial charge in [-0.3, -0.25) is 14.5 Å². The lowest BCUT2D eigenvalue weighted by atomic mass is 10.1. The average Bonchev–Trinajstić information content (AvgIpc) is 3.63. The van der Waals surface area contributed by atoms with Crippen LogP contribution < -0.4 is 5.32 Å². The van der Waals surface area contributed by atoms with E-state index in [0.717, 1.165) is 31.1 Å². The first-order chi connectivity index (χ1) is 21.5. The highest BCUT2D eigenvalue weighted by molar-refractivity contribution is 5.98. The molecule has 5 heterocycles. The summed E-state index contributed by atoms with van der Waals surface area (Å²) < 4.78 is 13.5. The van der Waals surface area contributed by atoms with Gasteiger partial charge in [-0.1, -0.05) is 12.8 Å². The zero-order chi connectivity index (χ0) is 31.9. The van der Waals surface area contributed by atoms with E-state index in [1.165, 1.54) is 6.20 Å². The standard InChI is InChI=1S/C32H42N8O5/c1-32(2,3)45-31(43)39-23-12-13-38(17-24(39)19-44-18-23)28(41)20-10-11-26(33-15-20)35-30-34-16-21-14-25(29(42)37(4)5)40(27(21)36-30)22-8-6-7-9-22/h10-11,14-16,22-24H,6-9,12-13,17-19H2,1-5H3,(H,33,34,35,36). The molecule has 0 spiro atoms. The molecular formula is C32H42N8O5. The van der Waals surface area contributed by atoms with Crippen LogP contribution >= 0.6 is 0 Å². The van der Waals surface area contributed by atoms with Gasteiger partial charge in [0.15, 0.2) is 0 Å². The number of fused-ring (bicyclic) bond motifs is 3. The van der Waals surface area contributed by atoms with E-state index in [4.69, 9.17) is 14.5 Å². The van der Waals surface area contributed by atoms with Crippen LogP contribution in [0.25, 0.3) is 11.0 Å². The second kappa shape index (κ2) is 12.3. The molecule has 45 heavy (non-hydrogen) atoms. The maximum absolute atomic E-state index is 13.6. The number of aromatic nitrogens is 4. The van der Waals surface area contributed by atoms with Gasteiger partial charge in [0.1, 0.15) is 22.8 Å². The highest BCUT2D eigenvalue weighted by Gasteiger charge is 2.41. The van der Waals surface area contributed by atoms with Crippen LogP contribution in [0.15, 0.2) is 30.6 Å². The van der Waals surface area contributed by atoms with E-state index in [1.807, 2.05) is 26.8 Å². The van der Waals surface area contributed by atoms with Gasteiger partial charge in [0, 0.05) is 51.0 Å². The van der Waals surface area contributed by atoms with Crippen molar-refractivity contribution in [3.05, 3.63) is 41.9 Å². The average molecular weight is 619 g/mol. The molecule has 3 aromatic rings. The molecule has 6 rings (SSSR count). The molecule has 2 bridgehead atoms. The first kappa shape index (κ1) is 30.8. The van der Waals surface area contributed by atoms with Gasteiger partial charge in [-0.2, -0.15) is 4.98 Å². The van der Waals surface area contributed by atoms with Gasteiger partial charge in [0.25, 0.3) is 11.8 Å². The zero-order valence-corrected chi connectivity index (χ0v) is 26.7. The van der Waals surface area contributed by atoms with Crippen molar-refractivity contribution in [1.29, 1.82) is 0 Å². The molecule has 3 aliphatic rings. The first-order valence-corrected chi connectivity index (χ1v) is 15.7. The number of amides is 3. The number of anilines is 2. The first-order valence-electron chi connectivity index (χ1n) is 15.7. The normalized spacial score (nSPS) is 20.6. The number of rotatable bonds is 5. The second-order valence-corrected chi connectivity index (χ2v) is 13.3. The molecule has 13 heteroatoms. The van der Waals surface area contributed by atoms with E-state index in [9.17, 15) is 14.4 Å². The van der Waals surface area contributed by atoms with Gasteiger partial charge >= 0.3 is 6.09 Å². The van der Waals surface area contributed by atoms with Gasteiger partial charge in [-0.25, -0.2) is 14.8 Å². The Balaban J connectivity index is 1.17. The van der Waals surface area contributed by atoms with Crippen molar-refractivity contribution in [2.24, 2.45) is 0 Å². The molecule has 2 saturated heterocycles. The highest BCUT2D eigenvalue weighted by atomic mass is 16.6. The lowest BCUT2D eigenvalue weighted by Crippen LogP contribution is -2.57. The van der Waals surface area contributed by atoms with Crippen LogP contribution in [0.1, 0.15) is 79.8 Å². The molecule has 2 atom stereocenters. The molecule has 2 aliphatic heterocycles. The number of carbonyl (C=O) groups excluding carboxylic acids is 3. The third-order valence-electron chi connectivity index (χ3n) is 8.60. The van der Waals surface area contributed by atoms with Crippen LogP contribution in [-0.2, 0) is 9.47 Å². The molecule has 3 fully saturated rings. The number of hydrogen-bond donors (Lipinski definition) is 1. The lowest BCUT2D eigenvalue weighted by Gasteiger charge is -2.40. The quantitative estimate of drug-likeness (QED) is 0.446. The molecule has 0 aromatic carbocycles. The third kappa shape index (κ3) is 6.44. The molecule has 3 amide bonds. The van der Waals surface area contributed by atoms with Crippen molar-refractivity contribution < 1.29 is 23.9 Å². The second-order valence-electron chi connectivity index (χ2n) is 13.3. The maximum Gasteiger partial charge on any atom is 0.411 e. The molecule has 1 saturated carbocycles. The summed E-state index contributed by atoms with van der Waals surface area (Å²) >= 11 is 0. The van der Waals surface area contributed by atoms with Gasteiger partial charge in [0.2, 0.25) is 5.95 Å². The predicted molar refractivity (Wildman–Crippen MR) is 168 cm³/mol. The SMILES string of the molecule is CN(C)C(=O)c1cc2cnc(Nc3ccc(C(=O)N4CCC5COCC(C4)N5C(=O)OC(C)(C)C)cn3)nc2n1C1CCCC1. The number of nitrogens with zero attached hydrogens (tertiary/aromatic N) is 7. The molecule has 1 aliphatic carbocycles. The maximum atomic E-state index is 13.6. The summed E-state index contributed by atoms with van der Waals surface area (Å²) in [5, 5.41) is 3.97. The summed E-state index contributed by atoms with van der Waals surface area (Å²) in [7, 11) is 3.51. The number of morpholine rings is 1. The van der Waals surface area contributed by atoms with E-state index < -0.39 is 5.60 Å². The minimum atomic E-state index is -0.610. The van der Waals surface area contributed by atoms with Crippen LogP contribution in [-0.4, -0.2) is 110 Å². The number of nitrogens with one attached hydrogen (secondary N) is 1. The summed E-state index contributed by atoms with van der Waals surface area (Å²) in [6, 6.07) is 5.10. The fourth-order valence-electron chi connectivity index (χ4n) is 6.50. The molecular weight excluding hydrogens is 576 g/mol. The molecule has 2 unspecified atom stereocenters. The van der Waals surface area contributed by atoms with E-state index >= 15 is 0 Å². The summed E-state index contributed by atoms with van der Waals surface area (Å²) in [5.74, 6) is 0.633. The highest BCUT2D eigenvalue weighted by Crippen LogP contribution is 2.35. The summed E-state index contributed by atoms with van der Waals surface area (Å²) in [6.45, 7) is 7.15. The Kier molecular flexibility index (Phi) is 8.38. The summed E-state index contributed by atoms with van der Waals surface area (Å²) in [6.07, 6.45) is 7.75. The van der Waals surface area contributed by atoms with Crippen LogP contribution in [0, 0.1) is 0 Å². The van der Waals surface area contributed by atoms with Crippen molar-refractivity contribution in [3.63, 3.8) is 0 Å². The molecule has 0 radical (unpaired) electrons. The third-order valence-corrected chi connectivity index (χ3v) is 8.60. The number of hydrogen-bond acceptors (Lipinski definition) is 9. The lowest BCUT2D eigenvalue weighted by molar-refractivity contribution is -0.0572. The van der Waals surface area contributed by atoms with Crippen molar-refractivity contribution in [2.45, 2.75) is 76.6 Å². The zero-order valence-electron chi connectivity index (χ0n) is 26.7. The van der Waals surface area contributed by atoms with E-state index in [0.29, 0.717) is 61.4 Å². The molecule has 3 aromatic heterocycles. The Labute approximate surface area is 262 Å². The van der Waals surface area contributed by atoms with Crippen LogP contribution in [0.2, 0.25) is 0 Å². The minimum absolute atomic E-state index is 0.0609. The Morgan fingerprint density at radius 2 is 1.76 bits per heavy atom. The Morgan fingerprint density at radius 3 is 2.44 bits per heavy atom.